The van der Waals surface area contributed by atoms with Crippen LogP contribution in [0.2, 0.25) is 0 Å². The number of carbonyl (C=O) groups excluding carboxylic acids is 2. The monoisotopic (exact) mass is 348 g/mol. The second kappa shape index (κ2) is 7.96. The number of benzene rings is 1. The van der Waals surface area contributed by atoms with Gasteiger partial charge >= 0.3 is 5.69 Å². The molecule has 0 bridgehead atoms. The second-order valence-electron chi connectivity index (χ2n) is 5.35. The minimum absolute atomic E-state index is 0.0239. The summed E-state index contributed by atoms with van der Waals surface area (Å²) >= 11 is 1.22. The molecule has 0 spiro atoms. The Balaban J connectivity index is 2.02. The van der Waals surface area contributed by atoms with Gasteiger partial charge in [-0.15, -0.1) is 5.10 Å². The second-order valence-corrected chi connectivity index (χ2v) is 6.65. The van der Waals surface area contributed by atoms with Crippen LogP contribution in [-0.4, -0.2) is 31.7 Å². The number of nitrogens with zero attached hydrogens (tertiary/aromatic N) is 2. The Labute approximate surface area is 143 Å². The van der Waals surface area contributed by atoms with Crippen LogP contribution in [0.3, 0.4) is 0 Å². The molecule has 8 heteroatoms. The molecule has 24 heavy (non-hydrogen) atoms. The van der Waals surface area contributed by atoms with Crippen molar-refractivity contribution in [3.8, 4) is 0 Å². The van der Waals surface area contributed by atoms with Crippen LogP contribution in [0.1, 0.15) is 37.6 Å². The number of ketones is 1. The smallest absolute Gasteiger partial charge is 0.325 e. The van der Waals surface area contributed by atoms with Crippen molar-refractivity contribution in [2.45, 2.75) is 44.1 Å². The third kappa shape index (κ3) is 4.35. The SMILES string of the molecule is CCCn1c(S[C@H](C)C(=O)Nc2ccc(C(C)=O)cc2)n[nH]c1=O. The Hall–Kier alpha value is -2.35. The van der Waals surface area contributed by atoms with Gasteiger partial charge in [-0.2, -0.15) is 0 Å². The molecular formula is C16H20N4O3S. The highest BCUT2D eigenvalue weighted by atomic mass is 32.2. The van der Waals surface area contributed by atoms with Gasteiger partial charge in [0, 0.05) is 17.8 Å². The highest BCUT2D eigenvalue weighted by Crippen LogP contribution is 2.21. The summed E-state index contributed by atoms with van der Waals surface area (Å²) in [6, 6.07) is 6.71. The zero-order chi connectivity index (χ0) is 17.7. The molecule has 1 heterocycles. The van der Waals surface area contributed by atoms with Crippen LogP contribution < -0.4 is 11.0 Å². The van der Waals surface area contributed by atoms with Crippen molar-refractivity contribution in [3.63, 3.8) is 0 Å². The van der Waals surface area contributed by atoms with Crippen molar-refractivity contribution in [3.05, 3.63) is 40.3 Å². The van der Waals surface area contributed by atoms with E-state index in [1.54, 1.807) is 31.2 Å². The number of nitrogens with one attached hydrogen (secondary N) is 2. The lowest BCUT2D eigenvalue weighted by atomic mass is 10.1. The van der Waals surface area contributed by atoms with E-state index in [4.69, 9.17) is 0 Å². The topological polar surface area (TPSA) is 96.8 Å². The average molecular weight is 348 g/mol. The van der Waals surface area contributed by atoms with Crippen LogP contribution in [0.15, 0.2) is 34.2 Å². The molecule has 2 N–H and O–H groups in total. The van der Waals surface area contributed by atoms with Gasteiger partial charge in [0.1, 0.15) is 0 Å². The standard InChI is InChI=1S/C16H20N4O3S/c1-4-9-20-15(23)18-19-16(20)24-11(3)14(22)17-13-7-5-12(6-8-13)10(2)21/h5-8,11H,4,9H2,1-3H3,(H,17,22)(H,18,23)/t11-/m1/s1. The molecule has 0 saturated heterocycles. The van der Waals surface area contributed by atoms with Crippen LogP contribution in [0, 0.1) is 0 Å². The van der Waals surface area contributed by atoms with Gasteiger partial charge in [-0.25, -0.2) is 9.89 Å². The zero-order valence-corrected chi connectivity index (χ0v) is 14.6. The fourth-order valence-electron chi connectivity index (χ4n) is 2.06. The first-order valence-corrected chi connectivity index (χ1v) is 8.54. The summed E-state index contributed by atoms with van der Waals surface area (Å²) < 4.78 is 1.52. The largest absolute Gasteiger partial charge is 0.343 e. The minimum Gasteiger partial charge on any atom is -0.325 e. The normalized spacial score (nSPS) is 12.0. The van der Waals surface area contributed by atoms with Gasteiger partial charge in [0.15, 0.2) is 10.9 Å². The van der Waals surface area contributed by atoms with Crippen molar-refractivity contribution in [2.75, 3.05) is 5.32 Å². The lowest BCUT2D eigenvalue weighted by molar-refractivity contribution is -0.115. The summed E-state index contributed by atoms with van der Waals surface area (Å²) in [4.78, 5) is 35.2. The number of amides is 1. The Morgan fingerprint density at radius 2 is 2.00 bits per heavy atom. The number of aromatic amines is 1. The van der Waals surface area contributed by atoms with Gasteiger partial charge in [-0.1, -0.05) is 18.7 Å². The van der Waals surface area contributed by atoms with Gasteiger partial charge in [0.05, 0.1) is 5.25 Å². The molecule has 1 aromatic heterocycles. The van der Waals surface area contributed by atoms with Crippen molar-refractivity contribution in [2.24, 2.45) is 0 Å². The predicted octanol–water partition coefficient (Wildman–Crippen LogP) is 2.30. The van der Waals surface area contributed by atoms with Crippen molar-refractivity contribution >= 4 is 29.1 Å². The Kier molecular flexibility index (Phi) is 5.97. The number of Topliss-reactive ketones (excluding diaryl/α,β-unsaturated/α-hetero) is 1. The Morgan fingerprint density at radius 3 is 2.58 bits per heavy atom. The number of thioether (sulfide) groups is 1. The first-order chi connectivity index (χ1) is 11.4. The summed E-state index contributed by atoms with van der Waals surface area (Å²) in [5.74, 6) is -0.224. The van der Waals surface area contributed by atoms with E-state index in [0.29, 0.717) is 23.0 Å². The molecule has 7 nitrogen and oxygen atoms in total. The van der Waals surface area contributed by atoms with E-state index in [-0.39, 0.29) is 17.4 Å². The number of carbonyl (C=O) groups is 2. The van der Waals surface area contributed by atoms with E-state index in [0.717, 1.165) is 6.42 Å². The predicted molar refractivity (Wildman–Crippen MR) is 93.5 cm³/mol. The lowest BCUT2D eigenvalue weighted by Crippen LogP contribution is -2.24. The zero-order valence-electron chi connectivity index (χ0n) is 13.8. The summed E-state index contributed by atoms with van der Waals surface area (Å²) in [6.07, 6.45) is 0.802. The molecule has 0 radical (unpaired) electrons. The van der Waals surface area contributed by atoms with Crippen LogP contribution >= 0.6 is 11.8 Å². The van der Waals surface area contributed by atoms with Crippen molar-refractivity contribution < 1.29 is 9.59 Å². The Bertz CT molecular complexity index is 779. The highest BCUT2D eigenvalue weighted by Gasteiger charge is 2.19. The molecule has 1 atom stereocenters. The van der Waals surface area contributed by atoms with Gasteiger partial charge < -0.3 is 5.32 Å². The quantitative estimate of drug-likeness (QED) is 0.591. The molecule has 0 unspecified atom stereocenters. The van der Waals surface area contributed by atoms with E-state index >= 15 is 0 Å². The maximum atomic E-state index is 12.3. The van der Waals surface area contributed by atoms with Crippen LogP contribution in [0.25, 0.3) is 0 Å². The molecule has 128 valence electrons. The number of anilines is 1. The van der Waals surface area contributed by atoms with E-state index < -0.39 is 5.25 Å². The fraction of sp³-hybridized carbons (Fsp3) is 0.375. The molecular weight excluding hydrogens is 328 g/mol. The maximum absolute atomic E-state index is 12.3. The first-order valence-electron chi connectivity index (χ1n) is 7.66. The highest BCUT2D eigenvalue weighted by molar-refractivity contribution is 8.00. The van der Waals surface area contributed by atoms with Crippen molar-refractivity contribution in [1.29, 1.82) is 0 Å². The number of H-pyrrole nitrogens is 1. The third-order valence-electron chi connectivity index (χ3n) is 3.38. The number of aromatic nitrogens is 3. The minimum atomic E-state index is -0.428. The van der Waals surface area contributed by atoms with Crippen LogP contribution in [-0.2, 0) is 11.3 Å². The molecule has 2 aromatic rings. The van der Waals surface area contributed by atoms with E-state index in [9.17, 15) is 14.4 Å². The first kappa shape index (κ1) is 18.0. The van der Waals surface area contributed by atoms with E-state index in [1.807, 2.05) is 6.92 Å². The molecule has 0 aliphatic rings. The molecule has 1 amide bonds. The fourth-order valence-corrected chi connectivity index (χ4v) is 2.94. The van der Waals surface area contributed by atoms with Gasteiger partial charge in [0.2, 0.25) is 5.91 Å². The molecule has 0 aliphatic heterocycles. The van der Waals surface area contributed by atoms with Gasteiger partial charge in [0.25, 0.3) is 0 Å². The van der Waals surface area contributed by atoms with Crippen LogP contribution in [0.4, 0.5) is 5.69 Å². The molecule has 0 aliphatic carbocycles. The molecule has 1 aromatic carbocycles. The van der Waals surface area contributed by atoms with Crippen molar-refractivity contribution in [1.82, 2.24) is 14.8 Å². The Morgan fingerprint density at radius 1 is 1.33 bits per heavy atom. The summed E-state index contributed by atoms with van der Waals surface area (Å²) in [5, 5.41) is 9.23. The van der Waals surface area contributed by atoms with Crippen LogP contribution in [0.5, 0.6) is 0 Å². The van der Waals surface area contributed by atoms with Gasteiger partial charge in [-0.3, -0.25) is 14.2 Å². The average Bonchev–Trinajstić information content (AvgIpc) is 2.89. The van der Waals surface area contributed by atoms with E-state index in [1.165, 1.54) is 23.3 Å². The maximum Gasteiger partial charge on any atom is 0.343 e. The lowest BCUT2D eigenvalue weighted by Gasteiger charge is -2.12. The van der Waals surface area contributed by atoms with Gasteiger partial charge in [-0.05, 0) is 44.5 Å². The number of hydrogen-bond acceptors (Lipinski definition) is 5. The molecule has 2 rings (SSSR count). The number of rotatable bonds is 7. The van der Waals surface area contributed by atoms with E-state index in [2.05, 4.69) is 15.5 Å². The summed E-state index contributed by atoms with van der Waals surface area (Å²) in [6.45, 7) is 5.76. The molecule has 0 saturated carbocycles. The molecule has 0 fully saturated rings. The summed E-state index contributed by atoms with van der Waals surface area (Å²) in [5.41, 5.74) is 0.938. The summed E-state index contributed by atoms with van der Waals surface area (Å²) in [7, 11) is 0. The third-order valence-corrected chi connectivity index (χ3v) is 4.47. The number of hydrogen-bond donors (Lipinski definition) is 2.